The summed E-state index contributed by atoms with van der Waals surface area (Å²) in [7, 11) is 0. The van der Waals surface area contributed by atoms with Gasteiger partial charge in [0.2, 0.25) is 59.1 Å². The number of nitrogens with two attached hydrogens (primary N) is 7. The van der Waals surface area contributed by atoms with E-state index in [1.54, 1.807) is 20.0 Å². The van der Waals surface area contributed by atoms with E-state index in [-0.39, 0.29) is 70.4 Å². The highest BCUT2D eigenvalue weighted by molar-refractivity contribution is 5.98. The van der Waals surface area contributed by atoms with Crippen LogP contribution in [0.25, 0.3) is 10.9 Å². The van der Waals surface area contributed by atoms with Gasteiger partial charge in [-0.3, -0.25) is 52.9 Å². The molecular formula is C58H92N18O10. The molecule has 1 saturated heterocycles. The zero-order valence-electron chi connectivity index (χ0n) is 49.5. The number of amides is 10. The van der Waals surface area contributed by atoms with E-state index >= 15 is 0 Å². The highest BCUT2D eigenvalue weighted by atomic mass is 16.2. The average molecular weight is 1200 g/mol. The number of unbranched alkanes of at least 4 members (excludes halogenated alkanes) is 3. The summed E-state index contributed by atoms with van der Waals surface area (Å²) < 4.78 is 0. The van der Waals surface area contributed by atoms with E-state index in [4.69, 9.17) is 40.1 Å². The minimum atomic E-state index is -1.30. The van der Waals surface area contributed by atoms with E-state index in [2.05, 4.69) is 52.5 Å². The number of guanidine groups is 1. The lowest BCUT2D eigenvalue weighted by molar-refractivity contribution is -0.142. The van der Waals surface area contributed by atoms with Crippen molar-refractivity contribution in [2.24, 2.45) is 51.0 Å². The first kappa shape index (κ1) is 70.3. The second-order valence-electron chi connectivity index (χ2n) is 21.8. The van der Waals surface area contributed by atoms with E-state index in [9.17, 15) is 47.9 Å². The molecule has 8 atom stereocenters. The third-order valence-electron chi connectivity index (χ3n) is 14.7. The number of nitrogens with one attached hydrogen (secondary N) is 9. The van der Waals surface area contributed by atoms with Gasteiger partial charge in [-0.1, -0.05) is 62.4 Å². The number of para-hydroxylation sites is 1. The summed E-state index contributed by atoms with van der Waals surface area (Å²) in [5.41, 5.74) is 42.2. The van der Waals surface area contributed by atoms with E-state index in [0.717, 1.165) is 16.5 Å². The van der Waals surface area contributed by atoms with Crippen molar-refractivity contribution in [3.05, 3.63) is 71.9 Å². The van der Waals surface area contributed by atoms with Crippen molar-refractivity contribution < 1.29 is 47.9 Å². The number of nitrogens with zero attached hydrogens (tertiary/aromatic N) is 2. The largest absolute Gasteiger partial charge is 0.370 e. The van der Waals surface area contributed by atoms with Gasteiger partial charge >= 0.3 is 0 Å². The number of primary amides is 1. The molecule has 0 radical (unpaired) electrons. The van der Waals surface area contributed by atoms with Crippen LogP contribution in [0.4, 0.5) is 0 Å². The van der Waals surface area contributed by atoms with Gasteiger partial charge in [-0.25, -0.2) is 0 Å². The van der Waals surface area contributed by atoms with Crippen molar-refractivity contribution in [2.75, 3.05) is 45.8 Å². The maximum atomic E-state index is 14.5. The quantitative estimate of drug-likeness (QED) is 0.0154. The van der Waals surface area contributed by atoms with Gasteiger partial charge in [-0.15, -0.1) is 0 Å². The molecule has 2 aromatic carbocycles. The molecule has 23 N–H and O–H groups in total. The Morgan fingerprint density at radius 2 is 1.13 bits per heavy atom. The van der Waals surface area contributed by atoms with Crippen LogP contribution in [-0.4, -0.2) is 169 Å². The first-order valence-electron chi connectivity index (χ1n) is 29.6. The molecule has 28 nitrogen and oxygen atoms in total. The Bertz CT molecular complexity index is 2740. The number of aromatic amines is 1. The molecule has 0 bridgehead atoms. The monoisotopic (exact) mass is 1200 g/mol. The topological polar surface area (TPSA) is 480 Å². The molecule has 3 aromatic rings. The van der Waals surface area contributed by atoms with Crippen molar-refractivity contribution in [3.8, 4) is 0 Å². The predicted molar refractivity (Wildman–Crippen MR) is 325 cm³/mol. The van der Waals surface area contributed by atoms with E-state index in [1.807, 2.05) is 54.6 Å². The van der Waals surface area contributed by atoms with Gasteiger partial charge in [0.15, 0.2) is 5.96 Å². The molecule has 1 aromatic heterocycles. The first-order valence-corrected chi connectivity index (χ1v) is 29.6. The molecule has 0 unspecified atom stereocenters. The first-order chi connectivity index (χ1) is 41.2. The van der Waals surface area contributed by atoms with Gasteiger partial charge in [0.25, 0.3) is 0 Å². The normalized spacial score (nSPS) is 15.4. The molecule has 86 heavy (non-hydrogen) atoms. The fraction of sp³-hybridized carbons (Fsp3) is 0.569. The summed E-state index contributed by atoms with van der Waals surface area (Å²) in [6.07, 6.45) is 6.46. The molecule has 1 aliphatic heterocycles. The average Bonchev–Trinajstić information content (AvgIpc) is 3.02. The Morgan fingerprint density at radius 3 is 1.73 bits per heavy atom. The third kappa shape index (κ3) is 23.7. The second-order valence-corrected chi connectivity index (χ2v) is 21.8. The molecule has 0 aliphatic carbocycles. The fourth-order valence-corrected chi connectivity index (χ4v) is 9.92. The zero-order valence-corrected chi connectivity index (χ0v) is 49.5. The molecule has 2 heterocycles. The van der Waals surface area contributed by atoms with E-state index < -0.39 is 126 Å². The van der Waals surface area contributed by atoms with Crippen molar-refractivity contribution in [3.63, 3.8) is 0 Å². The van der Waals surface area contributed by atoms with Crippen LogP contribution in [0.2, 0.25) is 0 Å². The second kappa shape index (κ2) is 37.3. The Morgan fingerprint density at radius 1 is 0.593 bits per heavy atom. The summed E-state index contributed by atoms with van der Waals surface area (Å²) in [6, 6.07) is 7.49. The minimum Gasteiger partial charge on any atom is -0.370 e. The van der Waals surface area contributed by atoms with Gasteiger partial charge < -0.3 is 92.6 Å². The Kier molecular flexibility index (Phi) is 30.5. The van der Waals surface area contributed by atoms with Crippen LogP contribution in [0.1, 0.15) is 108 Å². The van der Waals surface area contributed by atoms with Crippen LogP contribution in [0.5, 0.6) is 0 Å². The summed E-state index contributed by atoms with van der Waals surface area (Å²) in [5, 5.41) is 22.1. The molecule has 474 valence electrons. The van der Waals surface area contributed by atoms with Gasteiger partial charge in [-0.2, -0.15) is 0 Å². The van der Waals surface area contributed by atoms with Crippen molar-refractivity contribution in [2.45, 2.75) is 158 Å². The van der Waals surface area contributed by atoms with E-state index in [1.165, 1.54) is 4.90 Å². The standard InChI is InChI=1S/C58H92N18O10/c1-35(2)49(56(85)69-34-47(77)70-42(21-9-12-26-60)53(82)72-41(50(63)79)20-8-11-25-59)75-55(84)46-24-15-29-76(46)57(86)44(22-10-13-27-61)71-48(78)33-68-52(81)45(31-37-32-67-40-19-7-6-18-38(37)40)74-54(83)43(23-14-28-66-58(64)65)73-51(80)39(62)30-36-16-4-3-5-17-36/h3-7,16-19,32,35,39,41-46,49,67H,8-15,20-31,33-34,59-62H2,1-2H3,(H2,63,79)(H,68,81)(H,69,85)(H,70,77)(H,71,78)(H,72,82)(H,73,80)(H,74,83)(H,75,84)(H4,64,65,66)/t39-,41-,42-,43-,44-,45-,46-,49-/m0/s1. The maximum Gasteiger partial charge on any atom is 0.245 e. The number of hydrogen-bond acceptors (Lipinski definition) is 15. The van der Waals surface area contributed by atoms with Crippen LogP contribution >= 0.6 is 0 Å². The number of carbonyl (C=O) groups is 10. The summed E-state index contributed by atoms with van der Waals surface area (Å²) in [5.74, 6) is -7.52. The lowest BCUT2D eigenvalue weighted by Crippen LogP contribution is -2.59. The molecule has 28 heteroatoms. The number of H-pyrrole nitrogens is 1. The van der Waals surface area contributed by atoms with Gasteiger partial charge in [0.1, 0.15) is 42.3 Å². The van der Waals surface area contributed by atoms with Gasteiger partial charge in [0.05, 0.1) is 19.1 Å². The third-order valence-corrected chi connectivity index (χ3v) is 14.7. The molecule has 0 saturated carbocycles. The number of hydrogen-bond donors (Lipinski definition) is 16. The molecule has 0 spiro atoms. The van der Waals surface area contributed by atoms with Crippen molar-refractivity contribution in [1.29, 1.82) is 0 Å². The highest BCUT2D eigenvalue weighted by Crippen LogP contribution is 2.22. The van der Waals surface area contributed by atoms with Crippen LogP contribution in [0, 0.1) is 5.92 Å². The molecule has 4 rings (SSSR count). The van der Waals surface area contributed by atoms with Gasteiger partial charge in [0, 0.05) is 36.6 Å². The number of aliphatic imine (C=N–C) groups is 1. The number of likely N-dealkylation sites (tertiary alicyclic amines) is 1. The smallest absolute Gasteiger partial charge is 0.245 e. The SMILES string of the molecule is CC(C)[C@H](NC(=O)[C@@H]1CCCN1C(=O)[C@H](CCCCN)NC(=O)CNC(=O)[C@H](Cc1c[nH]c2ccccc12)NC(=O)[C@H](CCCN=C(N)N)NC(=O)[C@@H](N)Cc1ccccc1)C(=O)NCC(=O)N[C@@H](CCCCN)C(=O)N[C@@H](CCCCN)C(N)=O. The lowest BCUT2D eigenvalue weighted by Gasteiger charge is -2.30. The highest BCUT2D eigenvalue weighted by Gasteiger charge is 2.40. The van der Waals surface area contributed by atoms with Crippen molar-refractivity contribution in [1.82, 2.24) is 52.4 Å². The molecule has 1 fully saturated rings. The Hall–Kier alpha value is -8.21. The van der Waals surface area contributed by atoms with Crippen molar-refractivity contribution >= 4 is 75.9 Å². The lowest BCUT2D eigenvalue weighted by atomic mass is 10.0. The summed E-state index contributed by atoms with van der Waals surface area (Å²) >= 11 is 0. The number of rotatable bonds is 39. The maximum absolute atomic E-state index is 14.5. The number of carbonyl (C=O) groups excluding carboxylic acids is 10. The van der Waals surface area contributed by atoms with Crippen LogP contribution in [-0.2, 0) is 60.8 Å². The molecule has 10 amide bonds. The zero-order chi connectivity index (χ0) is 63.1. The molecular weight excluding hydrogens is 1110 g/mol. The summed E-state index contributed by atoms with van der Waals surface area (Å²) in [4.78, 5) is 145. The predicted octanol–water partition coefficient (Wildman–Crippen LogP) is -3.01. The van der Waals surface area contributed by atoms with Gasteiger partial charge in [-0.05, 0) is 133 Å². The number of aromatic nitrogens is 1. The van der Waals surface area contributed by atoms with Crippen LogP contribution in [0.15, 0.2) is 65.8 Å². The number of fused-ring (bicyclic) bond motifs is 1. The fourth-order valence-electron chi connectivity index (χ4n) is 9.92. The Labute approximate surface area is 501 Å². The number of benzene rings is 2. The summed E-state index contributed by atoms with van der Waals surface area (Å²) in [6.45, 7) is 3.48. The van der Waals surface area contributed by atoms with Crippen LogP contribution in [0.3, 0.4) is 0 Å². The van der Waals surface area contributed by atoms with E-state index in [0.29, 0.717) is 70.1 Å². The van der Waals surface area contributed by atoms with Crippen LogP contribution < -0.4 is 82.7 Å². The molecule has 1 aliphatic rings. The minimum absolute atomic E-state index is 0.0486. The Balaban J connectivity index is 1.45.